The third-order valence-corrected chi connectivity index (χ3v) is 1.95. The van der Waals surface area contributed by atoms with Gasteiger partial charge in [-0.3, -0.25) is 5.10 Å². The second kappa shape index (κ2) is 3.16. The van der Waals surface area contributed by atoms with Crippen molar-refractivity contribution in [2.75, 3.05) is 5.73 Å². The van der Waals surface area contributed by atoms with Crippen molar-refractivity contribution in [1.82, 2.24) is 10.2 Å². The molecule has 78 valence electrons. The van der Waals surface area contributed by atoms with Gasteiger partial charge in [-0.05, 0) is 6.07 Å². The van der Waals surface area contributed by atoms with Crippen LogP contribution in [0.4, 0.5) is 10.2 Å². The first-order valence-electron chi connectivity index (χ1n) is 4.10. The van der Waals surface area contributed by atoms with E-state index < -0.39 is 11.6 Å². The number of aromatic nitrogens is 2. The molecule has 2 rings (SSSR count). The summed E-state index contributed by atoms with van der Waals surface area (Å²) in [6.45, 7) is 0. The van der Waals surface area contributed by atoms with Gasteiger partial charge in [0, 0.05) is 17.7 Å². The van der Waals surface area contributed by atoms with Crippen LogP contribution in [0.5, 0.6) is 11.5 Å². The highest BCUT2D eigenvalue weighted by molar-refractivity contribution is 5.70. The van der Waals surface area contributed by atoms with Crippen molar-refractivity contribution in [1.29, 1.82) is 0 Å². The Morgan fingerprint density at radius 1 is 1.20 bits per heavy atom. The summed E-state index contributed by atoms with van der Waals surface area (Å²) in [5.74, 6) is -1.48. The number of anilines is 1. The number of phenols is 2. The van der Waals surface area contributed by atoms with Crippen molar-refractivity contribution < 1.29 is 14.6 Å². The highest BCUT2D eigenvalue weighted by Crippen LogP contribution is 2.33. The molecule has 15 heavy (non-hydrogen) atoms. The third kappa shape index (κ3) is 1.56. The Hall–Kier alpha value is -2.24. The second-order valence-corrected chi connectivity index (χ2v) is 3.03. The van der Waals surface area contributed by atoms with Gasteiger partial charge in [-0.2, -0.15) is 5.10 Å². The number of hydrogen-bond acceptors (Lipinski definition) is 4. The molecule has 0 amide bonds. The Kier molecular flexibility index (Phi) is 1.96. The van der Waals surface area contributed by atoms with Crippen molar-refractivity contribution in [3.05, 3.63) is 24.0 Å². The van der Waals surface area contributed by atoms with Gasteiger partial charge >= 0.3 is 0 Å². The predicted molar refractivity (Wildman–Crippen MR) is 51.7 cm³/mol. The lowest BCUT2D eigenvalue weighted by Crippen LogP contribution is -1.83. The first kappa shape index (κ1) is 9.32. The number of aromatic amines is 1. The Morgan fingerprint density at radius 3 is 2.53 bits per heavy atom. The molecule has 0 atom stereocenters. The number of aromatic hydroxyl groups is 2. The normalized spacial score (nSPS) is 10.5. The van der Waals surface area contributed by atoms with Gasteiger partial charge in [-0.1, -0.05) is 0 Å². The molecule has 0 saturated heterocycles. The van der Waals surface area contributed by atoms with Crippen molar-refractivity contribution in [3.63, 3.8) is 0 Å². The number of hydrogen-bond donors (Lipinski definition) is 4. The number of nitrogens with zero attached hydrogens (tertiary/aromatic N) is 1. The standard InChI is InChI=1S/C9H8FN3O2/c10-5-2-7(14)4(1-8(5)15)6-3-9(11)13-12-6/h1-3,14-15H,(H3,11,12,13). The maximum Gasteiger partial charge on any atom is 0.168 e. The summed E-state index contributed by atoms with van der Waals surface area (Å²) in [7, 11) is 0. The molecule has 0 aliphatic heterocycles. The molecule has 0 saturated carbocycles. The van der Waals surface area contributed by atoms with Gasteiger partial charge in [0.05, 0.1) is 5.69 Å². The molecule has 0 radical (unpaired) electrons. The van der Waals surface area contributed by atoms with Gasteiger partial charge in [0.25, 0.3) is 0 Å². The lowest BCUT2D eigenvalue weighted by atomic mass is 10.1. The molecule has 0 fully saturated rings. The van der Waals surface area contributed by atoms with Crippen LogP contribution >= 0.6 is 0 Å². The smallest absolute Gasteiger partial charge is 0.168 e. The average molecular weight is 209 g/mol. The van der Waals surface area contributed by atoms with E-state index in [1.165, 1.54) is 6.07 Å². The van der Waals surface area contributed by atoms with Gasteiger partial charge in [0.1, 0.15) is 11.6 Å². The van der Waals surface area contributed by atoms with Crippen LogP contribution in [0.25, 0.3) is 11.3 Å². The monoisotopic (exact) mass is 209 g/mol. The van der Waals surface area contributed by atoms with Gasteiger partial charge in [0.15, 0.2) is 11.6 Å². The fourth-order valence-electron chi connectivity index (χ4n) is 1.24. The molecular weight excluding hydrogens is 201 g/mol. The number of nitrogen functional groups attached to an aromatic ring is 1. The highest BCUT2D eigenvalue weighted by Gasteiger charge is 2.11. The van der Waals surface area contributed by atoms with Gasteiger partial charge in [-0.25, -0.2) is 4.39 Å². The maximum atomic E-state index is 12.8. The molecule has 1 aromatic carbocycles. The van der Waals surface area contributed by atoms with E-state index in [1.54, 1.807) is 0 Å². The van der Waals surface area contributed by atoms with E-state index in [9.17, 15) is 9.50 Å². The minimum Gasteiger partial charge on any atom is -0.507 e. The van der Waals surface area contributed by atoms with Crippen LogP contribution in [0.3, 0.4) is 0 Å². The number of benzene rings is 1. The Labute approximate surface area is 84.0 Å². The number of nitrogens with two attached hydrogens (primary N) is 1. The van der Waals surface area contributed by atoms with E-state index in [4.69, 9.17) is 10.8 Å². The molecule has 0 spiro atoms. The molecule has 1 heterocycles. The zero-order chi connectivity index (χ0) is 11.0. The van der Waals surface area contributed by atoms with Crippen molar-refractivity contribution in [2.45, 2.75) is 0 Å². The molecule has 0 bridgehead atoms. The number of nitrogens with one attached hydrogen (secondary N) is 1. The van der Waals surface area contributed by atoms with Crippen LogP contribution in [-0.2, 0) is 0 Å². The van der Waals surface area contributed by atoms with E-state index in [1.807, 2.05) is 0 Å². The van der Waals surface area contributed by atoms with Gasteiger partial charge in [0.2, 0.25) is 0 Å². The molecule has 0 aliphatic carbocycles. The first-order chi connectivity index (χ1) is 7.08. The van der Waals surface area contributed by atoms with Crippen LogP contribution in [-0.4, -0.2) is 20.4 Å². The molecule has 5 N–H and O–H groups in total. The van der Waals surface area contributed by atoms with E-state index >= 15 is 0 Å². The van der Waals surface area contributed by atoms with E-state index in [0.29, 0.717) is 5.69 Å². The molecule has 0 aliphatic rings. The fraction of sp³-hybridized carbons (Fsp3) is 0. The minimum absolute atomic E-state index is 0.234. The van der Waals surface area contributed by atoms with Crippen LogP contribution in [0.2, 0.25) is 0 Å². The summed E-state index contributed by atoms with van der Waals surface area (Å²) in [6.07, 6.45) is 0. The maximum absolute atomic E-state index is 12.8. The summed E-state index contributed by atoms with van der Waals surface area (Å²) in [5, 5.41) is 24.8. The summed E-state index contributed by atoms with van der Waals surface area (Å²) in [6, 6.07) is 3.38. The highest BCUT2D eigenvalue weighted by atomic mass is 19.1. The van der Waals surface area contributed by atoms with E-state index in [2.05, 4.69) is 10.2 Å². The van der Waals surface area contributed by atoms with Crippen LogP contribution in [0.15, 0.2) is 18.2 Å². The van der Waals surface area contributed by atoms with E-state index in [-0.39, 0.29) is 17.1 Å². The Morgan fingerprint density at radius 2 is 1.93 bits per heavy atom. The van der Waals surface area contributed by atoms with Crippen LogP contribution < -0.4 is 5.73 Å². The first-order valence-corrected chi connectivity index (χ1v) is 4.10. The van der Waals surface area contributed by atoms with Crippen LogP contribution in [0.1, 0.15) is 0 Å². The van der Waals surface area contributed by atoms with Crippen molar-refractivity contribution >= 4 is 5.82 Å². The zero-order valence-corrected chi connectivity index (χ0v) is 7.53. The van der Waals surface area contributed by atoms with Crippen molar-refractivity contribution in [2.24, 2.45) is 0 Å². The van der Waals surface area contributed by atoms with Gasteiger partial charge in [-0.15, -0.1) is 0 Å². The lowest BCUT2D eigenvalue weighted by molar-refractivity contribution is 0.422. The second-order valence-electron chi connectivity index (χ2n) is 3.03. The molecular formula is C9H8FN3O2. The third-order valence-electron chi connectivity index (χ3n) is 1.95. The topological polar surface area (TPSA) is 95.2 Å². The molecule has 1 aromatic heterocycles. The fourth-order valence-corrected chi connectivity index (χ4v) is 1.24. The van der Waals surface area contributed by atoms with Crippen LogP contribution in [0, 0.1) is 5.82 Å². The number of rotatable bonds is 1. The summed E-state index contributed by atoms with van der Waals surface area (Å²) in [4.78, 5) is 0. The quantitative estimate of drug-likeness (QED) is 0.531. The lowest BCUT2D eigenvalue weighted by Gasteiger charge is -2.03. The molecule has 6 heteroatoms. The zero-order valence-electron chi connectivity index (χ0n) is 7.53. The van der Waals surface area contributed by atoms with Gasteiger partial charge < -0.3 is 15.9 Å². The Bertz CT molecular complexity index is 510. The number of H-pyrrole nitrogens is 1. The SMILES string of the molecule is Nc1cc(-c2cc(O)c(F)cc2O)[nH]n1. The average Bonchev–Trinajstić information content (AvgIpc) is 2.58. The Balaban J connectivity index is 2.58. The van der Waals surface area contributed by atoms with E-state index in [0.717, 1.165) is 12.1 Å². The summed E-state index contributed by atoms with van der Waals surface area (Å²) < 4.78 is 12.8. The number of halogens is 1. The molecule has 2 aromatic rings. The minimum atomic E-state index is -0.885. The number of phenolic OH excluding ortho intramolecular Hbond substituents is 2. The molecule has 0 unspecified atom stereocenters. The largest absolute Gasteiger partial charge is 0.507 e. The summed E-state index contributed by atoms with van der Waals surface area (Å²) in [5.41, 5.74) is 6.01. The summed E-state index contributed by atoms with van der Waals surface area (Å²) >= 11 is 0. The molecule has 5 nitrogen and oxygen atoms in total. The van der Waals surface area contributed by atoms with Crippen molar-refractivity contribution in [3.8, 4) is 22.8 Å². The predicted octanol–water partition coefficient (Wildman–Crippen LogP) is 1.21.